The van der Waals surface area contributed by atoms with Crippen LogP contribution in [-0.2, 0) is 14.3 Å². The molecule has 19 heavy (non-hydrogen) atoms. The monoisotopic (exact) mass is 264 g/mol. The minimum Gasteiger partial charge on any atom is -0.464 e. The van der Waals surface area contributed by atoms with Gasteiger partial charge in [0.05, 0.1) is 5.41 Å². The Bertz CT molecular complexity index is 427. The molecule has 0 aliphatic heterocycles. The number of hydrogen-bond donors (Lipinski definition) is 0. The number of benzene rings is 1. The van der Waals surface area contributed by atoms with Crippen molar-refractivity contribution >= 4 is 11.9 Å². The lowest BCUT2D eigenvalue weighted by Crippen LogP contribution is -2.36. The highest BCUT2D eigenvalue weighted by atomic mass is 16.6. The quantitative estimate of drug-likeness (QED) is 0.585. The standard InChI is InChI=1S/C15H20O4/c1-4-13(16)18-11-15(3,5-2)14(17)19-12-9-7-6-8-10-12/h6-10H,4-5,11H2,1-3H3. The van der Waals surface area contributed by atoms with Crippen LogP contribution in [0.25, 0.3) is 0 Å². The van der Waals surface area contributed by atoms with Gasteiger partial charge in [0.25, 0.3) is 0 Å². The van der Waals surface area contributed by atoms with E-state index in [1.54, 1.807) is 38.1 Å². The highest BCUT2D eigenvalue weighted by Gasteiger charge is 2.35. The molecule has 104 valence electrons. The molecule has 0 bridgehead atoms. The molecule has 1 atom stereocenters. The van der Waals surface area contributed by atoms with Crippen LogP contribution in [0.15, 0.2) is 30.3 Å². The van der Waals surface area contributed by atoms with E-state index >= 15 is 0 Å². The molecule has 0 fully saturated rings. The maximum atomic E-state index is 12.2. The molecule has 0 heterocycles. The van der Waals surface area contributed by atoms with Gasteiger partial charge in [-0.05, 0) is 25.5 Å². The maximum Gasteiger partial charge on any atom is 0.320 e. The molecule has 0 aliphatic rings. The molecule has 0 saturated heterocycles. The van der Waals surface area contributed by atoms with Gasteiger partial charge in [-0.3, -0.25) is 9.59 Å². The Kier molecular flexibility index (Phi) is 5.55. The summed E-state index contributed by atoms with van der Waals surface area (Å²) in [6.45, 7) is 5.36. The summed E-state index contributed by atoms with van der Waals surface area (Å²) in [6.07, 6.45) is 0.836. The number of esters is 2. The van der Waals surface area contributed by atoms with Crippen LogP contribution in [0.5, 0.6) is 5.75 Å². The van der Waals surface area contributed by atoms with Crippen molar-refractivity contribution in [3.8, 4) is 5.75 Å². The van der Waals surface area contributed by atoms with E-state index in [0.29, 0.717) is 18.6 Å². The molecule has 1 aromatic carbocycles. The highest BCUT2D eigenvalue weighted by Crippen LogP contribution is 2.25. The number of carbonyl (C=O) groups excluding carboxylic acids is 2. The average Bonchev–Trinajstić information content (AvgIpc) is 2.45. The van der Waals surface area contributed by atoms with Crippen LogP contribution in [0.4, 0.5) is 0 Å². The fourth-order valence-electron chi connectivity index (χ4n) is 1.37. The van der Waals surface area contributed by atoms with Crippen molar-refractivity contribution in [1.82, 2.24) is 0 Å². The molecule has 1 aromatic rings. The molecule has 0 radical (unpaired) electrons. The molecular formula is C15H20O4. The first kappa shape index (κ1) is 15.2. The zero-order valence-electron chi connectivity index (χ0n) is 11.6. The van der Waals surface area contributed by atoms with Crippen molar-refractivity contribution < 1.29 is 19.1 Å². The van der Waals surface area contributed by atoms with Gasteiger partial charge in [0.2, 0.25) is 0 Å². The third kappa shape index (κ3) is 4.39. The van der Waals surface area contributed by atoms with Gasteiger partial charge in [-0.15, -0.1) is 0 Å². The molecule has 4 heteroatoms. The fraction of sp³-hybridized carbons (Fsp3) is 0.467. The Hall–Kier alpha value is -1.84. The molecule has 0 saturated carbocycles. The van der Waals surface area contributed by atoms with E-state index in [0.717, 1.165) is 0 Å². The van der Waals surface area contributed by atoms with Crippen molar-refractivity contribution in [2.75, 3.05) is 6.61 Å². The van der Waals surface area contributed by atoms with Gasteiger partial charge in [0.1, 0.15) is 12.4 Å². The molecule has 1 rings (SSSR count). The van der Waals surface area contributed by atoms with Crippen LogP contribution in [0.3, 0.4) is 0 Å². The SMILES string of the molecule is CCC(=O)OCC(C)(CC)C(=O)Oc1ccccc1. The number of carbonyl (C=O) groups is 2. The maximum absolute atomic E-state index is 12.2. The third-order valence-corrected chi connectivity index (χ3v) is 3.07. The van der Waals surface area contributed by atoms with Crippen LogP contribution < -0.4 is 4.74 Å². The lowest BCUT2D eigenvalue weighted by atomic mass is 9.89. The van der Waals surface area contributed by atoms with Gasteiger partial charge in [-0.2, -0.15) is 0 Å². The predicted octanol–water partition coefficient (Wildman–Crippen LogP) is 2.96. The van der Waals surface area contributed by atoms with Crippen molar-refractivity contribution in [1.29, 1.82) is 0 Å². The Labute approximate surface area is 113 Å². The molecule has 0 amide bonds. The first-order valence-corrected chi connectivity index (χ1v) is 6.44. The van der Waals surface area contributed by atoms with E-state index in [2.05, 4.69) is 0 Å². The van der Waals surface area contributed by atoms with E-state index in [1.165, 1.54) is 0 Å². The van der Waals surface area contributed by atoms with Crippen molar-refractivity contribution in [2.45, 2.75) is 33.6 Å². The van der Waals surface area contributed by atoms with Crippen LogP contribution in [0.2, 0.25) is 0 Å². The summed E-state index contributed by atoms with van der Waals surface area (Å²) in [5, 5.41) is 0. The van der Waals surface area contributed by atoms with Gasteiger partial charge in [0, 0.05) is 6.42 Å². The molecule has 0 N–H and O–H groups in total. The van der Waals surface area contributed by atoms with Gasteiger partial charge >= 0.3 is 11.9 Å². The summed E-state index contributed by atoms with van der Waals surface area (Å²) in [6, 6.07) is 8.86. The minimum atomic E-state index is -0.819. The van der Waals surface area contributed by atoms with E-state index in [-0.39, 0.29) is 18.5 Å². The van der Waals surface area contributed by atoms with E-state index in [1.807, 2.05) is 13.0 Å². The van der Waals surface area contributed by atoms with Gasteiger partial charge in [0.15, 0.2) is 0 Å². The largest absolute Gasteiger partial charge is 0.464 e. The predicted molar refractivity (Wildman–Crippen MR) is 71.7 cm³/mol. The number of ether oxygens (including phenoxy) is 2. The molecule has 0 spiro atoms. The lowest BCUT2D eigenvalue weighted by molar-refractivity contribution is -0.156. The minimum absolute atomic E-state index is 0.0435. The summed E-state index contributed by atoms with van der Waals surface area (Å²) in [5.41, 5.74) is -0.819. The molecular weight excluding hydrogens is 244 g/mol. The number of hydrogen-bond acceptors (Lipinski definition) is 4. The van der Waals surface area contributed by atoms with Crippen molar-refractivity contribution in [3.63, 3.8) is 0 Å². The second kappa shape index (κ2) is 6.92. The molecule has 1 unspecified atom stereocenters. The van der Waals surface area contributed by atoms with E-state index in [9.17, 15) is 9.59 Å². The lowest BCUT2D eigenvalue weighted by Gasteiger charge is -2.25. The summed E-state index contributed by atoms with van der Waals surface area (Å²) < 4.78 is 10.4. The van der Waals surface area contributed by atoms with Gasteiger partial charge in [-0.25, -0.2) is 0 Å². The van der Waals surface area contributed by atoms with Crippen LogP contribution in [0.1, 0.15) is 33.6 Å². The van der Waals surface area contributed by atoms with Crippen LogP contribution in [-0.4, -0.2) is 18.5 Å². The molecule has 0 aliphatic carbocycles. The Morgan fingerprint density at radius 2 is 1.79 bits per heavy atom. The average molecular weight is 264 g/mol. The normalized spacial score (nSPS) is 13.4. The zero-order chi connectivity index (χ0) is 14.3. The number of rotatable bonds is 6. The summed E-state index contributed by atoms with van der Waals surface area (Å²) >= 11 is 0. The Balaban J connectivity index is 2.67. The van der Waals surface area contributed by atoms with E-state index in [4.69, 9.17) is 9.47 Å². The second-order valence-electron chi connectivity index (χ2n) is 4.63. The summed E-state index contributed by atoms with van der Waals surface area (Å²) in [4.78, 5) is 23.3. The van der Waals surface area contributed by atoms with Gasteiger partial charge in [-0.1, -0.05) is 32.0 Å². The van der Waals surface area contributed by atoms with E-state index < -0.39 is 5.41 Å². The molecule has 0 aromatic heterocycles. The third-order valence-electron chi connectivity index (χ3n) is 3.07. The zero-order valence-corrected chi connectivity index (χ0v) is 11.6. The summed E-state index contributed by atoms with van der Waals surface area (Å²) in [5.74, 6) is -0.203. The van der Waals surface area contributed by atoms with Crippen LogP contribution >= 0.6 is 0 Å². The topological polar surface area (TPSA) is 52.6 Å². The summed E-state index contributed by atoms with van der Waals surface area (Å²) in [7, 11) is 0. The van der Waals surface area contributed by atoms with Gasteiger partial charge < -0.3 is 9.47 Å². The number of para-hydroxylation sites is 1. The van der Waals surface area contributed by atoms with Crippen molar-refractivity contribution in [3.05, 3.63) is 30.3 Å². The first-order valence-electron chi connectivity index (χ1n) is 6.44. The second-order valence-corrected chi connectivity index (χ2v) is 4.63. The van der Waals surface area contributed by atoms with Crippen molar-refractivity contribution in [2.24, 2.45) is 5.41 Å². The highest BCUT2D eigenvalue weighted by molar-refractivity contribution is 5.79. The fourth-order valence-corrected chi connectivity index (χ4v) is 1.37. The Morgan fingerprint density at radius 3 is 2.32 bits per heavy atom. The Morgan fingerprint density at radius 1 is 1.16 bits per heavy atom. The molecule has 4 nitrogen and oxygen atoms in total. The van der Waals surface area contributed by atoms with Crippen LogP contribution in [0, 0.1) is 5.41 Å². The smallest absolute Gasteiger partial charge is 0.320 e. The first-order chi connectivity index (χ1) is 9.01.